The van der Waals surface area contributed by atoms with E-state index in [1.807, 2.05) is 159 Å². The molecule has 486 valence electrons. The lowest BCUT2D eigenvalue weighted by Crippen LogP contribution is -2.40. The maximum Gasteiger partial charge on any atom is 0.402 e. The van der Waals surface area contributed by atoms with Gasteiger partial charge in [-0.1, -0.05) is 218 Å². The number of hydrogen-bond donors (Lipinski definition) is 0. The minimum Gasteiger partial charge on any atom is -0.309 e. The molecule has 99 heavy (non-hydrogen) atoms. The Labute approximate surface area is 563 Å². The van der Waals surface area contributed by atoms with Crippen molar-refractivity contribution < 1.29 is 39.5 Å². The molecule has 0 aliphatic heterocycles. The highest BCUT2D eigenvalue weighted by Gasteiger charge is 2.56. The van der Waals surface area contributed by atoms with Crippen LogP contribution < -0.4 is 0 Å². The molecule has 3 atom stereocenters. The van der Waals surface area contributed by atoms with Crippen molar-refractivity contribution in [3.05, 3.63) is 331 Å². The SMILES string of the molecule is CC(c1ccc(-c2cc(-c3ccc(C(C)(c4ccc(-n5c6ccccc6c6ccccc65)cc4)C(F)(F)F)cc3)nc(-c3ccc(C(C)(c4ccc(-n5c6ccccc6c6ccccc65)cc4)C(F)(F)F)cc3)n2)cc1)(c1ccc(-n2c3ccccc3c3ccccc32)cc1)C(F)(F)F. The molecule has 5 nitrogen and oxygen atoms in total. The third-order valence-corrected chi connectivity index (χ3v) is 20.5. The topological polar surface area (TPSA) is 40.6 Å². The summed E-state index contributed by atoms with van der Waals surface area (Å²) in [5.74, 6) is 0.0402. The maximum absolute atomic E-state index is 15.9. The van der Waals surface area contributed by atoms with E-state index in [1.165, 1.54) is 109 Å². The Kier molecular flexibility index (Phi) is 14.5. The Hall–Kier alpha value is -11.5. The summed E-state index contributed by atoms with van der Waals surface area (Å²) in [5.41, 5.74) is 1.24. The van der Waals surface area contributed by atoms with Gasteiger partial charge in [-0.05, 0) is 133 Å². The van der Waals surface area contributed by atoms with Crippen molar-refractivity contribution in [2.24, 2.45) is 0 Å². The highest BCUT2D eigenvalue weighted by molar-refractivity contribution is 6.11. The number of rotatable bonds is 12. The van der Waals surface area contributed by atoms with Crippen LogP contribution in [0.4, 0.5) is 39.5 Å². The molecule has 4 heterocycles. The first-order valence-electron chi connectivity index (χ1n) is 32.3. The van der Waals surface area contributed by atoms with Gasteiger partial charge in [0.25, 0.3) is 0 Å². The lowest BCUT2D eigenvalue weighted by atomic mass is 9.75. The number of aromatic nitrogens is 5. The first-order valence-corrected chi connectivity index (χ1v) is 32.3. The van der Waals surface area contributed by atoms with E-state index in [9.17, 15) is 0 Å². The maximum atomic E-state index is 15.9. The van der Waals surface area contributed by atoms with Crippen LogP contribution in [0.3, 0.4) is 0 Å². The van der Waals surface area contributed by atoms with Crippen LogP contribution in [0.15, 0.2) is 297 Å². The molecule has 0 spiro atoms. The van der Waals surface area contributed by atoms with Crippen LogP contribution in [0.5, 0.6) is 0 Å². The van der Waals surface area contributed by atoms with Crippen LogP contribution in [-0.4, -0.2) is 42.2 Å². The number of fused-ring (bicyclic) bond motifs is 9. The summed E-state index contributed by atoms with van der Waals surface area (Å²) in [4.78, 5) is 9.86. The van der Waals surface area contributed by atoms with Crippen molar-refractivity contribution in [1.29, 1.82) is 0 Å². The molecule has 16 rings (SSSR count). The molecule has 0 saturated heterocycles. The van der Waals surface area contributed by atoms with E-state index in [2.05, 4.69) is 0 Å². The fraction of sp³-hybridized carbons (Fsp3) is 0.106. The summed E-state index contributed by atoms with van der Waals surface area (Å²) in [5, 5.41) is 6.04. The Morgan fingerprint density at radius 2 is 0.424 bits per heavy atom. The van der Waals surface area contributed by atoms with Gasteiger partial charge in [-0.25, -0.2) is 9.97 Å². The normalized spacial score (nSPS) is 14.3. The summed E-state index contributed by atoms with van der Waals surface area (Å²) in [6.45, 7) is 3.42. The molecule has 0 aliphatic rings. The zero-order valence-electron chi connectivity index (χ0n) is 53.4. The standard InChI is InChI=1S/C85H58F9N5/c1-80(83(86,87)88,59-40-46-62(47-41-59)97-73-22-10-4-16-65(73)66-17-5-11-23-74(66)97)56-34-28-53(29-35-56)71-52-72(54-30-36-57(37-31-54)81(2,84(89,90)91)60-42-48-63(49-43-60)98-75-24-12-6-18-67(75)68-19-7-13-25-76(68)98)96-79(95-71)55-32-38-58(39-33-55)82(3,85(92,93)94)61-44-50-64(51-45-61)99-77-26-14-8-20-69(77)70-21-9-15-27-78(70)99/h4-52H,1-3H3. The largest absolute Gasteiger partial charge is 0.402 e. The average Bonchev–Trinajstić information content (AvgIpc) is 1.63. The van der Waals surface area contributed by atoms with Gasteiger partial charge in [-0.2, -0.15) is 39.5 Å². The molecule has 0 saturated carbocycles. The van der Waals surface area contributed by atoms with E-state index in [0.717, 1.165) is 86.2 Å². The molecule has 0 aliphatic carbocycles. The van der Waals surface area contributed by atoms with Gasteiger partial charge in [0.1, 0.15) is 16.2 Å². The van der Waals surface area contributed by atoms with Crippen LogP contribution in [-0.2, 0) is 16.2 Å². The molecule has 0 radical (unpaired) electrons. The third-order valence-electron chi connectivity index (χ3n) is 20.5. The van der Waals surface area contributed by atoms with Crippen LogP contribution in [0.1, 0.15) is 54.2 Å². The summed E-state index contributed by atoms with van der Waals surface area (Å²) < 4.78 is 149. The van der Waals surface area contributed by atoms with E-state index in [4.69, 9.17) is 9.97 Å². The molecule has 0 amide bonds. The highest BCUT2D eigenvalue weighted by atomic mass is 19.4. The quantitative estimate of drug-likeness (QED) is 0.114. The molecule has 14 heteroatoms. The van der Waals surface area contributed by atoms with Gasteiger partial charge in [0.15, 0.2) is 5.82 Å². The minimum atomic E-state index is -4.79. The fourth-order valence-electron chi connectivity index (χ4n) is 14.7. The van der Waals surface area contributed by atoms with Crippen molar-refractivity contribution in [2.45, 2.75) is 55.5 Å². The smallest absolute Gasteiger partial charge is 0.309 e. The van der Waals surface area contributed by atoms with Crippen LogP contribution >= 0.6 is 0 Å². The van der Waals surface area contributed by atoms with Crippen molar-refractivity contribution in [1.82, 2.24) is 23.7 Å². The number of halogens is 9. The molecule has 0 fully saturated rings. The lowest BCUT2D eigenvalue weighted by Gasteiger charge is -2.33. The van der Waals surface area contributed by atoms with Crippen LogP contribution in [0.2, 0.25) is 0 Å². The van der Waals surface area contributed by atoms with Crippen molar-refractivity contribution in [3.8, 4) is 51.0 Å². The Balaban J connectivity index is 0.766. The molecule has 16 aromatic rings. The second kappa shape index (κ2) is 23.1. The number of alkyl halides is 9. The van der Waals surface area contributed by atoms with E-state index in [-0.39, 0.29) is 50.6 Å². The number of hydrogen-bond acceptors (Lipinski definition) is 2. The third kappa shape index (κ3) is 9.92. The number of nitrogens with zero attached hydrogens (tertiary/aromatic N) is 5. The molecule has 4 aromatic heterocycles. The predicted molar refractivity (Wildman–Crippen MR) is 378 cm³/mol. The second-order valence-electron chi connectivity index (χ2n) is 25.8. The van der Waals surface area contributed by atoms with E-state index < -0.39 is 34.8 Å². The summed E-state index contributed by atoms with van der Waals surface area (Å²) >= 11 is 0. The second-order valence-corrected chi connectivity index (χ2v) is 25.8. The summed E-state index contributed by atoms with van der Waals surface area (Å²) in [6, 6.07) is 85.3. The van der Waals surface area contributed by atoms with Gasteiger partial charge < -0.3 is 13.7 Å². The van der Waals surface area contributed by atoms with E-state index >= 15 is 39.5 Å². The molecule has 12 aromatic carbocycles. The van der Waals surface area contributed by atoms with Gasteiger partial charge in [0.05, 0.1) is 44.5 Å². The Morgan fingerprint density at radius 1 is 0.232 bits per heavy atom. The Bertz CT molecular complexity index is 5030. The predicted octanol–water partition coefficient (Wildman–Crippen LogP) is 23.4. The minimum absolute atomic E-state index is 0.00170. The van der Waals surface area contributed by atoms with Gasteiger partial charge in [-0.3, -0.25) is 0 Å². The van der Waals surface area contributed by atoms with E-state index in [0.29, 0.717) is 33.8 Å². The fourth-order valence-corrected chi connectivity index (χ4v) is 14.7. The average molecular weight is 1320 g/mol. The molecule has 3 unspecified atom stereocenters. The van der Waals surface area contributed by atoms with E-state index in [1.54, 1.807) is 42.5 Å². The van der Waals surface area contributed by atoms with Gasteiger partial charge >= 0.3 is 18.5 Å². The zero-order chi connectivity index (χ0) is 68.4. The number of para-hydroxylation sites is 6. The Morgan fingerprint density at radius 3 is 0.636 bits per heavy atom. The van der Waals surface area contributed by atoms with Gasteiger partial charge in [0.2, 0.25) is 0 Å². The highest BCUT2D eigenvalue weighted by Crippen LogP contribution is 2.51. The molecule has 0 bridgehead atoms. The molecular formula is C85H58F9N5. The monoisotopic (exact) mass is 1320 g/mol. The van der Waals surface area contributed by atoms with Crippen molar-refractivity contribution >= 4 is 65.4 Å². The molecular weight excluding hydrogens is 1260 g/mol. The van der Waals surface area contributed by atoms with Crippen LogP contribution in [0, 0.1) is 0 Å². The van der Waals surface area contributed by atoms with Crippen LogP contribution in [0.25, 0.3) is 116 Å². The zero-order valence-corrected chi connectivity index (χ0v) is 53.4. The van der Waals surface area contributed by atoms with Crippen molar-refractivity contribution in [2.75, 3.05) is 0 Å². The summed E-state index contributed by atoms with van der Waals surface area (Å²) in [6.07, 6.45) is -14.4. The first-order chi connectivity index (χ1) is 47.6. The van der Waals surface area contributed by atoms with Gasteiger partial charge in [0, 0.05) is 66.1 Å². The lowest BCUT2D eigenvalue weighted by molar-refractivity contribution is -0.173. The van der Waals surface area contributed by atoms with Gasteiger partial charge in [-0.15, -0.1) is 0 Å². The first kappa shape index (κ1) is 62.3. The summed E-state index contributed by atoms with van der Waals surface area (Å²) in [7, 11) is 0. The number of benzene rings is 12. The van der Waals surface area contributed by atoms with Crippen molar-refractivity contribution in [3.63, 3.8) is 0 Å². The molecule has 0 N–H and O–H groups in total.